The minimum atomic E-state index is -1.13. The fourth-order valence-electron chi connectivity index (χ4n) is 2.48. The predicted molar refractivity (Wildman–Crippen MR) is 110 cm³/mol. The molecule has 31 heavy (non-hydrogen) atoms. The van der Waals surface area contributed by atoms with Gasteiger partial charge in [0.2, 0.25) is 0 Å². The molecule has 160 valence electrons. The second kappa shape index (κ2) is 9.30. The predicted octanol–water partition coefficient (Wildman–Crippen LogP) is 4.59. The summed E-state index contributed by atoms with van der Waals surface area (Å²) in [5, 5.41) is 17.7. The first-order chi connectivity index (χ1) is 14.7. The highest BCUT2D eigenvalue weighted by atomic mass is 32.1. The maximum atomic E-state index is 13.7. The van der Waals surface area contributed by atoms with Gasteiger partial charge in [-0.15, -0.1) is 11.3 Å². The molecule has 0 saturated carbocycles. The molecule has 8 nitrogen and oxygen atoms in total. The highest BCUT2D eigenvalue weighted by Crippen LogP contribution is 2.26. The molecule has 0 unspecified atom stereocenters. The number of rotatable bonds is 7. The second-order valence-electron chi connectivity index (χ2n) is 6.25. The molecule has 0 spiro atoms. The SMILES string of the molecule is C[C@@H](Oc1ccc(F)cc1F)C(=O)Nc1sccc1C(=O)Nc1ccc([N+](=O)[O-])cc1. The summed E-state index contributed by atoms with van der Waals surface area (Å²) in [4.78, 5) is 35.1. The molecule has 1 atom stereocenters. The zero-order valence-corrected chi connectivity index (χ0v) is 16.7. The van der Waals surface area contributed by atoms with Gasteiger partial charge in [0.25, 0.3) is 17.5 Å². The number of nitro benzene ring substituents is 1. The van der Waals surface area contributed by atoms with Crippen LogP contribution >= 0.6 is 11.3 Å². The number of carbonyl (C=O) groups excluding carboxylic acids is 2. The van der Waals surface area contributed by atoms with Crippen molar-refractivity contribution in [1.29, 1.82) is 0 Å². The number of non-ortho nitro benzene ring substituents is 1. The van der Waals surface area contributed by atoms with Crippen LogP contribution in [0.3, 0.4) is 0 Å². The van der Waals surface area contributed by atoms with Gasteiger partial charge in [0.15, 0.2) is 17.7 Å². The van der Waals surface area contributed by atoms with E-state index in [9.17, 15) is 28.5 Å². The summed E-state index contributed by atoms with van der Waals surface area (Å²) >= 11 is 1.09. The monoisotopic (exact) mass is 447 g/mol. The van der Waals surface area contributed by atoms with Gasteiger partial charge in [-0.3, -0.25) is 19.7 Å². The van der Waals surface area contributed by atoms with Crippen LogP contribution < -0.4 is 15.4 Å². The Hall–Kier alpha value is -3.86. The van der Waals surface area contributed by atoms with Gasteiger partial charge in [-0.25, -0.2) is 8.78 Å². The lowest BCUT2D eigenvalue weighted by atomic mass is 10.2. The minimum Gasteiger partial charge on any atom is -0.478 e. The first kappa shape index (κ1) is 21.8. The fourth-order valence-corrected chi connectivity index (χ4v) is 3.27. The van der Waals surface area contributed by atoms with E-state index in [2.05, 4.69) is 10.6 Å². The van der Waals surface area contributed by atoms with Crippen molar-refractivity contribution in [2.75, 3.05) is 10.6 Å². The molecule has 3 rings (SSSR count). The van der Waals surface area contributed by atoms with Gasteiger partial charge >= 0.3 is 0 Å². The molecule has 3 aromatic rings. The van der Waals surface area contributed by atoms with Gasteiger partial charge in [-0.2, -0.15) is 0 Å². The van der Waals surface area contributed by atoms with E-state index < -0.39 is 34.5 Å². The molecule has 0 aliphatic rings. The maximum Gasteiger partial charge on any atom is 0.269 e. The summed E-state index contributed by atoms with van der Waals surface area (Å²) < 4.78 is 31.9. The van der Waals surface area contributed by atoms with E-state index in [0.717, 1.165) is 23.5 Å². The van der Waals surface area contributed by atoms with E-state index in [1.807, 2.05) is 0 Å². The van der Waals surface area contributed by atoms with Crippen molar-refractivity contribution in [3.05, 3.63) is 81.2 Å². The average Bonchev–Trinajstić information content (AvgIpc) is 3.18. The van der Waals surface area contributed by atoms with Gasteiger partial charge in [0.05, 0.1) is 10.5 Å². The zero-order chi connectivity index (χ0) is 22.5. The van der Waals surface area contributed by atoms with E-state index >= 15 is 0 Å². The van der Waals surface area contributed by atoms with Crippen molar-refractivity contribution >= 4 is 39.5 Å². The Labute approximate surface area is 178 Å². The zero-order valence-electron chi connectivity index (χ0n) is 15.9. The minimum absolute atomic E-state index is 0.118. The highest BCUT2D eigenvalue weighted by Gasteiger charge is 2.21. The lowest BCUT2D eigenvalue weighted by molar-refractivity contribution is -0.384. The fraction of sp³-hybridized carbons (Fsp3) is 0.100. The summed E-state index contributed by atoms with van der Waals surface area (Å²) in [7, 11) is 0. The lowest BCUT2D eigenvalue weighted by Crippen LogP contribution is -2.30. The van der Waals surface area contributed by atoms with Gasteiger partial charge in [0.1, 0.15) is 10.8 Å². The Balaban J connectivity index is 1.65. The first-order valence-corrected chi connectivity index (χ1v) is 9.68. The van der Waals surface area contributed by atoms with Crippen LogP contribution in [0, 0.1) is 21.7 Å². The van der Waals surface area contributed by atoms with Crippen molar-refractivity contribution in [1.82, 2.24) is 0 Å². The van der Waals surface area contributed by atoms with Crippen LogP contribution in [-0.2, 0) is 4.79 Å². The quantitative estimate of drug-likeness (QED) is 0.406. The number of benzene rings is 2. The molecule has 2 amide bonds. The number of nitrogens with zero attached hydrogens (tertiary/aromatic N) is 1. The van der Waals surface area contributed by atoms with Crippen molar-refractivity contribution in [3.63, 3.8) is 0 Å². The number of nitrogens with one attached hydrogen (secondary N) is 2. The topological polar surface area (TPSA) is 111 Å². The van der Waals surface area contributed by atoms with Gasteiger partial charge in [-0.05, 0) is 42.6 Å². The number of hydrogen-bond acceptors (Lipinski definition) is 6. The molecule has 1 heterocycles. The standard InChI is InChI=1S/C20H15F2N3O5S/c1-11(30-17-7-2-12(21)10-16(17)22)18(26)24-20-15(8-9-31-20)19(27)23-13-3-5-14(6-4-13)25(28)29/h2-11H,1H3,(H,23,27)(H,24,26)/t11-/m1/s1. The van der Waals surface area contributed by atoms with Crippen LogP contribution in [0.15, 0.2) is 53.9 Å². The number of hydrogen-bond donors (Lipinski definition) is 2. The van der Waals surface area contributed by atoms with E-state index in [4.69, 9.17) is 4.74 Å². The summed E-state index contributed by atoms with van der Waals surface area (Å²) in [5.41, 5.74) is 0.382. The van der Waals surface area contributed by atoms with E-state index in [1.165, 1.54) is 37.3 Å². The normalized spacial score (nSPS) is 11.5. The number of carbonyl (C=O) groups is 2. The average molecular weight is 447 g/mol. The molecule has 2 N–H and O–H groups in total. The van der Waals surface area contributed by atoms with Crippen molar-refractivity contribution in [3.8, 4) is 5.75 Å². The molecular formula is C20H15F2N3O5S. The number of ether oxygens (including phenoxy) is 1. The summed E-state index contributed by atoms with van der Waals surface area (Å²) in [6, 6.07) is 9.47. The van der Waals surface area contributed by atoms with E-state index in [-0.39, 0.29) is 22.0 Å². The van der Waals surface area contributed by atoms with Crippen LogP contribution in [0.5, 0.6) is 5.75 Å². The van der Waals surface area contributed by atoms with Crippen LogP contribution in [0.1, 0.15) is 17.3 Å². The summed E-state index contributed by atoms with van der Waals surface area (Å²) in [6.45, 7) is 1.38. The third kappa shape index (κ3) is 5.39. The third-order valence-corrected chi connectivity index (χ3v) is 4.88. The molecule has 11 heteroatoms. The molecular weight excluding hydrogens is 432 g/mol. The van der Waals surface area contributed by atoms with E-state index in [0.29, 0.717) is 11.8 Å². The van der Waals surface area contributed by atoms with Crippen LogP contribution in [0.25, 0.3) is 0 Å². The lowest BCUT2D eigenvalue weighted by Gasteiger charge is -2.15. The molecule has 0 radical (unpaired) electrons. The van der Waals surface area contributed by atoms with Crippen molar-refractivity contribution in [2.24, 2.45) is 0 Å². The van der Waals surface area contributed by atoms with Crippen molar-refractivity contribution < 1.29 is 28.0 Å². The van der Waals surface area contributed by atoms with Crippen LogP contribution in [0.2, 0.25) is 0 Å². The summed E-state index contributed by atoms with van der Waals surface area (Å²) in [6.07, 6.45) is -1.13. The highest BCUT2D eigenvalue weighted by molar-refractivity contribution is 7.14. The molecule has 0 bridgehead atoms. The Morgan fingerprint density at radius 3 is 2.45 bits per heavy atom. The van der Waals surface area contributed by atoms with Crippen LogP contribution in [-0.4, -0.2) is 22.8 Å². The van der Waals surface area contributed by atoms with Gasteiger partial charge < -0.3 is 15.4 Å². The first-order valence-electron chi connectivity index (χ1n) is 8.80. The molecule has 0 aliphatic carbocycles. The van der Waals surface area contributed by atoms with E-state index in [1.54, 1.807) is 5.38 Å². The second-order valence-corrected chi connectivity index (χ2v) is 7.16. The number of anilines is 2. The Kier molecular flexibility index (Phi) is 6.55. The molecule has 1 aromatic heterocycles. The van der Waals surface area contributed by atoms with Crippen molar-refractivity contribution in [2.45, 2.75) is 13.0 Å². The maximum absolute atomic E-state index is 13.7. The smallest absolute Gasteiger partial charge is 0.269 e. The van der Waals surface area contributed by atoms with Gasteiger partial charge in [-0.1, -0.05) is 0 Å². The molecule has 0 saturated heterocycles. The molecule has 2 aromatic carbocycles. The van der Waals surface area contributed by atoms with Gasteiger partial charge in [0, 0.05) is 23.9 Å². The largest absolute Gasteiger partial charge is 0.478 e. The molecule has 0 aliphatic heterocycles. The number of thiophene rings is 1. The molecule has 0 fully saturated rings. The number of amides is 2. The Morgan fingerprint density at radius 1 is 1.10 bits per heavy atom. The Bertz CT molecular complexity index is 1130. The number of halogens is 2. The summed E-state index contributed by atoms with van der Waals surface area (Å²) in [5.74, 6) is -3.19. The number of nitro groups is 1. The Morgan fingerprint density at radius 2 is 1.81 bits per heavy atom. The van der Waals surface area contributed by atoms with Crippen LogP contribution in [0.4, 0.5) is 25.2 Å². The third-order valence-electron chi connectivity index (χ3n) is 4.05.